The van der Waals surface area contributed by atoms with Crippen LogP contribution in [-0.2, 0) is 6.54 Å². The summed E-state index contributed by atoms with van der Waals surface area (Å²) in [6, 6.07) is 6.44. The van der Waals surface area contributed by atoms with E-state index in [1.54, 1.807) is 29.2 Å². The fourth-order valence-corrected chi connectivity index (χ4v) is 4.60. The van der Waals surface area contributed by atoms with Crippen LogP contribution in [0.2, 0.25) is 5.02 Å². The van der Waals surface area contributed by atoms with E-state index in [1.165, 1.54) is 17.1 Å². The fourth-order valence-electron chi connectivity index (χ4n) is 4.40. The predicted molar refractivity (Wildman–Crippen MR) is 142 cm³/mol. The zero-order valence-electron chi connectivity index (χ0n) is 21.4. The molecule has 1 aliphatic carbocycles. The molecule has 1 fully saturated rings. The molecule has 0 spiro atoms. The number of nitrogens with zero attached hydrogens (tertiary/aromatic N) is 8. The summed E-state index contributed by atoms with van der Waals surface area (Å²) in [5.41, 5.74) is 2.73. The Hall–Kier alpha value is -4.16. The molecular weight excluding hydrogens is 525 g/mol. The van der Waals surface area contributed by atoms with Gasteiger partial charge in [-0.05, 0) is 68.7 Å². The van der Waals surface area contributed by atoms with E-state index in [-0.39, 0.29) is 28.1 Å². The smallest absolute Gasteiger partial charge is 0.259 e. The molecule has 6 rings (SSSR count). The molecule has 0 unspecified atom stereocenters. The van der Waals surface area contributed by atoms with Gasteiger partial charge in [-0.15, -0.1) is 10.2 Å². The molecule has 4 heterocycles. The Morgan fingerprint density at radius 3 is 2.77 bits per heavy atom. The number of amides is 1. The minimum Gasteiger partial charge on any atom is -0.389 e. The Balaban J connectivity index is 1.30. The normalized spacial score (nSPS) is 13.8. The van der Waals surface area contributed by atoms with Gasteiger partial charge in [-0.1, -0.05) is 11.6 Å². The number of aliphatic hydroxyl groups is 1. The second-order valence-corrected chi connectivity index (χ2v) is 10.8. The van der Waals surface area contributed by atoms with Gasteiger partial charge in [0.05, 0.1) is 57.4 Å². The first kappa shape index (κ1) is 25.1. The molecule has 5 aromatic rings. The van der Waals surface area contributed by atoms with Crippen LogP contribution in [0.15, 0.2) is 42.9 Å². The molecule has 0 aliphatic heterocycles. The van der Waals surface area contributed by atoms with Crippen molar-refractivity contribution in [3.8, 4) is 22.5 Å². The van der Waals surface area contributed by atoms with Crippen LogP contribution in [0.1, 0.15) is 48.8 Å². The number of hydrogen-bond donors (Lipinski definition) is 2. The molecule has 11 nitrogen and oxygen atoms in total. The molecule has 4 aromatic heterocycles. The molecule has 1 amide bonds. The molecular formula is C26H25ClFN9O2. The highest BCUT2D eigenvalue weighted by Crippen LogP contribution is 2.35. The standard InChI is InChI=1S/C26H25ClFN9O2/c1-14-19(12-35(32-14)13-26(2,3)39)15-6-7-36-23(8-15)18(11-29-36)25(38)30-22-9-17(21(28)10-20(22)27)24-31-34-37(33-24)16-4-5-16/h6-12,16,39H,4-5,13H2,1-3H3,(H,30,38). The SMILES string of the molecule is Cc1nn(CC(C)(C)O)cc1-c1ccn2ncc(C(=O)Nc3cc(-c4nnn(C5CC5)n4)c(F)cc3Cl)c2c1. The minimum atomic E-state index is -0.915. The fraction of sp³-hybridized carbons (Fsp3) is 0.308. The van der Waals surface area contributed by atoms with Gasteiger partial charge in [0.15, 0.2) is 0 Å². The van der Waals surface area contributed by atoms with Crippen molar-refractivity contribution in [2.24, 2.45) is 0 Å². The average molecular weight is 550 g/mol. The Bertz CT molecular complexity index is 1730. The van der Waals surface area contributed by atoms with Crippen LogP contribution >= 0.6 is 11.6 Å². The van der Waals surface area contributed by atoms with E-state index >= 15 is 0 Å². The van der Waals surface area contributed by atoms with Crippen molar-refractivity contribution < 1.29 is 14.3 Å². The molecule has 1 aliphatic rings. The Morgan fingerprint density at radius 2 is 2.03 bits per heavy atom. The van der Waals surface area contributed by atoms with Crippen molar-refractivity contribution in [2.45, 2.75) is 51.8 Å². The number of carbonyl (C=O) groups is 1. The van der Waals surface area contributed by atoms with E-state index in [1.807, 2.05) is 25.3 Å². The third-order valence-electron chi connectivity index (χ3n) is 6.42. The summed E-state index contributed by atoms with van der Waals surface area (Å²) in [7, 11) is 0. The number of pyridine rings is 1. The number of carbonyl (C=O) groups excluding carboxylic acids is 1. The summed E-state index contributed by atoms with van der Waals surface area (Å²) >= 11 is 6.28. The molecule has 0 atom stereocenters. The van der Waals surface area contributed by atoms with Gasteiger partial charge in [0, 0.05) is 18.0 Å². The maximum absolute atomic E-state index is 14.7. The number of rotatable bonds is 7. The first-order chi connectivity index (χ1) is 18.6. The third kappa shape index (κ3) is 5.00. The molecule has 1 saturated carbocycles. The van der Waals surface area contributed by atoms with Crippen molar-refractivity contribution in [2.75, 3.05) is 5.32 Å². The van der Waals surface area contributed by atoms with E-state index in [2.05, 4.69) is 30.9 Å². The van der Waals surface area contributed by atoms with E-state index in [0.717, 1.165) is 35.7 Å². The molecule has 0 bridgehead atoms. The van der Waals surface area contributed by atoms with Gasteiger partial charge in [-0.3, -0.25) is 9.48 Å². The van der Waals surface area contributed by atoms with Crippen molar-refractivity contribution in [1.82, 2.24) is 39.6 Å². The average Bonchev–Trinajstić information content (AvgIpc) is 3.27. The number of anilines is 1. The minimum absolute atomic E-state index is 0.0335. The summed E-state index contributed by atoms with van der Waals surface area (Å²) in [5, 5.41) is 34.0. The highest BCUT2D eigenvalue weighted by molar-refractivity contribution is 6.34. The van der Waals surface area contributed by atoms with Gasteiger partial charge >= 0.3 is 0 Å². The van der Waals surface area contributed by atoms with Crippen LogP contribution in [0.4, 0.5) is 10.1 Å². The van der Waals surface area contributed by atoms with Crippen LogP contribution in [0.25, 0.3) is 28.0 Å². The monoisotopic (exact) mass is 549 g/mol. The number of benzene rings is 1. The molecule has 2 N–H and O–H groups in total. The lowest BCUT2D eigenvalue weighted by molar-refractivity contribution is 0.0577. The summed E-state index contributed by atoms with van der Waals surface area (Å²) in [4.78, 5) is 14.8. The second kappa shape index (κ2) is 9.24. The van der Waals surface area contributed by atoms with Crippen LogP contribution in [0, 0.1) is 12.7 Å². The summed E-state index contributed by atoms with van der Waals surface area (Å²) in [6.07, 6.45) is 7.00. The molecule has 200 valence electrons. The number of aryl methyl sites for hydroxylation is 1. The number of hydrogen-bond acceptors (Lipinski definition) is 7. The number of nitrogens with one attached hydrogen (secondary N) is 1. The second-order valence-electron chi connectivity index (χ2n) is 10.4. The largest absolute Gasteiger partial charge is 0.389 e. The number of fused-ring (bicyclic) bond motifs is 1. The molecule has 1 aromatic carbocycles. The van der Waals surface area contributed by atoms with Gasteiger partial charge in [-0.25, -0.2) is 8.91 Å². The van der Waals surface area contributed by atoms with Crippen LogP contribution in [0.3, 0.4) is 0 Å². The lowest BCUT2D eigenvalue weighted by Gasteiger charge is -2.16. The lowest BCUT2D eigenvalue weighted by Crippen LogP contribution is -2.26. The van der Waals surface area contributed by atoms with Crippen LogP contribution < -0.4 is 5.32 Å². The van der Waals surface area contributed by atoms with Gasteiger partial charge in [0.25, 0.3) is 5.91 Å². The molecule has 0 saturated heterocycles. The van der Waals surface area contributed by atoms with Gasteiger partial charge < -0.3 is 10.4 Å². The molecule has 13 heteroatoms. The summed E-state index contributed by atoms with van der Waals surface area (Å²) < 4.78 is 18.0. The molecule has 39 heavy (non-hydrogen) atoms. The summed E-state index contributed by atoms with van der Waals surface area (Å²) in [6.45, 7) is 5.66. The topological polar surface area (TPSA) is 128 Å². The van der Waals surface area contributed by atoms with E-state index in [4.69, 9.17) is 11.6 Å². The highest BCUT2D eigenvalue weighted by Gasteiger charge is 2.27. The van der Waals surface area contributed by atoms with Crippen molar-refractivity contribution in [3.05, 3.63) is 65.0 Å². The molecule has 0 radical (unpaired) electrons. The quantitative estimate of drug-likeness (QED) is 0.309. The number of tetrazole rings is 1. The van der Waals surface area contributed by atoms with E-state index < -0.39 is 17.3 Å². The number of aromatic nitrogens is 8. The lowest BCUT2D eigenvalue weighted by atomic mass is 10.1. The van der Waals surface area contributed by atoms with Gasteiger partial charge in [0.2, 0.25) is 5.82 Å². The van der Waals surface area contributed by atoms with E-state index in [9.17, 15) is 14.3 Å². The highest BCUT2D eigenvalue weighted by atomic mass is 35.5. The van der Waals surface area contributed by atoms with E-state index in [0.29, 0.717) is 17.6 Å². The predicted octanol–water partition coefficient (Wildman–Crippen LogP) is 4.31. The zero-order chi connectivity index (χ0) is 27.5. The van der Waals surface area contributed by atoms with Crippen molar-refractivity contribution in [3.63, 3.8) is 0 Å². The van der Waals surface area contributed by atoms with Crippen molar-refractivity contribution in [1.29, 1.82) is 0 Å². The van der Waals surface area contributed by atoms with Crippen LogP contribution in [0.5, 0.6) is 0 Å². The maximum Gasteiger partial charge on any atom is 0.259 e. The first-order valence-corrected chi connectivity index (χ1v) is 12.8. The van der Waals surface area contributed by atoms with Crippen LogP contribution in [-0.4, -0.2) is 56.2 Å². The Labute approximate surface area is 227 Å². The Morgan fingerprint density at radius 1 is 1.23 bits per heavy atom. The van der Waals surface area contributed by atoms with Gasteiger partial charge in [-0.2, -0.15) is 15.0 Å². The zero-order valence-corrected chi connectivity index (χ0v) is 22.2. The Kier molecular flexibility index (Phi) is 5.96. The third-order valence-corrected chi connectivity index (χ3v) is 6.73. The first-order valence-electron chi connectivity index (χ1n) is 12.4. The maximum atomic E-state index is 14.7. The van der Waals surface area contributed by atoms with Gasteiger partial charge in [0.1, 0.15) is 5.82 Å². The summed E-state index contributed by atoms with van der Waals surface area (Å²) in [5.74, 6) is -0.965. The van der Waals surface area contributed by atoms with Crippen molar-refractivity contribution >= 4 is 28.7 Å². The number of halogens is 2.